The Bertz CT molecular complexity index is 1050. The number of ketones is 1. The molecule has 2 aliphatic heterocycles. The first kappa shape index (κ1) is 21.6. The standard InChI is InChI=1S/C22H24FN3O4S/c1-13-21(31-14(2)24-13)19(27)17-18(15-5-3-4-6-16(15)23)26(22(29)20(17)28)8-7-25-9-11-30-12-10-25/h3-6,18,28H,7-12H2,1-2H3/t18-/m0/s1. The van der Waals surface area contributed by atoms with Gasteiger partial charge in [0.1, 0.15) is 5.82 Å². The third kappa shape index (κ3) is 4.13. The minimum atomic E-state index is -0.996. The SMILES string of the molecule is Cc1nc(C)c(C(=O)C2=C(O)C(=O)N(CCN3CCOCC3)[C@H]2c2ccccc2F)s1. The number of aryl methyl sites for hydroxylation is 2. The van der Waals surface area contributed by atoms with Crippen LogP contribution in [0.4, 0.5) is 4.39 Å². The van der Waals surface area contributed by atoms with Gasteiger partial charge in [-0.3, -0.25) is 14.5 Å². The van der Waals surface area contributed by atoms with Crippen LogP contribution in [-0.2, 0) is 9.53 Å². The maximum Gasteiger partial charge on any atom is 0.290 e. The number of carbonyl (C=O) groups excluding carboxylic acids is 2. The first-order valence-electron chi connectivity index (χ1n) is 10.2. The van der Waals surface area contributed by atoms with Gasteiger partial charge in [-0.2, -0.15) is 0 Å². The van der Waals surface area contributed by atoms with Crippen molar-refractivity contribution < 1.29 is 23.8 Å². The number of ether oxygens (including phenoxy) is 1. The molecule has 0 spiro atoms. The molecule has 4 rings (SSSR count). The van der Waals surface area contributed by atoms with Gasteiger partial charge in [-0.1, -0.05) is 18.2 Å². The largest absolute Gasteiger partial charge is 0.503 e. The molecule has 2 aliphatic rings. The van der Waals surface area contributed by atoms with E-state index in [0.29, 0.717) is 35.3 Å². The highest BCUT2D eigenvalue weighted by molar-refractivity contribution is 7.14. The van der Waals surface area contributed by atoms with Crippen LogP contribution < -0.4 is 0 Å². The Hall–Kier alpha value is -2.62. The smallest absolute Gasteiger partial charge is 0.290 e. The summed E-state index contributed by atoms with van der Waals surface area (Å²) in [5.41, 5.74) is 0.618. The van der Waals surface area contributed by atoms with Crippen LogP contribution in [0.5, 0.6) is 0 Å². The molecule has 1 aromatic carbocycles. The summed E-state index contributed by atoms with van der Waals surface area (Å²) in [6, 6.07) is 5.05. The maximum atomic E-state index is 14.8. The molecule has 0 radical (unpaired) electrons. The number of benzene rings is 1. The molecule has 0 saturated carbocycles. The number of Topliss-reactive ketones (excluding diaryl/α,β-unsaturated/α-hetero) is 1. The van der Waals surface area contributed by atoms with Crippen molar-refractivity contribution in [2.75, 3.05) is 39.4 Å². The molecule has 1 aromatic heterocycles. The Labute approximate surface area is 183 Å². The summed E-state index contributed by atoms with van der Waals surface area (Å²) >= 11 is 1.20. The Kier molecular flexibility index (Phi) is 6.17. The fraction of sp³-hybridized carbons (Fsp3) is 0.409. The van der Waals surface area contributed by atoms with Crippen molar-refractivity contribution in [2.45, 2.75) is 19.9 Å². The summed E-state index contributed by atoms with van der Waals surface area (Å²) in [4.78, 5) is 34.6. The molecular weight excluding hydrogens is 421 g/mol. The average Bonchev–Trinajstić information content (AvgIpc) is 3.23. The van der Waals surface area contributed by atoms with E-state index in [0.717, 1.165) is 13.1 Å². The number of aliphatic hydroxyl groups is 1. The fourth-order valence-electron chi connectivity index (χ4n) is 4.07. The van der Waals surface area contributed by atoms with E-state index in [4.69, 9.17) is 4.74 Å². The third-order valence-corrected chi connectivity index (χ3v) is 6.69. The Morgan fingerprint density at radius 3 is 2.61 bits per heavy atom. The number of hydrogen-bond donors (Lipinski definition) is 1. The van der Waals surface area contributed by atoms with E-state index < -0.39 is 29.3 Å². The van der Waals surface area contributed by atoms with Crippen molar-refractivity contribution in [3.05, 3.63) is 62.6 Å². The number of aromatic nitrogens is 1. The van der Waals surface area contributed by atoms with Crippen molar-refractivity contribution >= 4 is 23.0 Å². The lowest BCUT2D eigenvalue weighted by Crippen LogP contribution is -2.43. The first-order chi connectivity index (χ1) is 14.9. The molecule has 1 fully saturated rings. The monoisotopic (exact) mass is 445 g/mol. The zero-order chi connectivity index (χ0) is 22.1. The lowest BCUT2D eigenvalue weighted by Gasteiger charge is -2.31. The maximum absolute atomic E-state index is 14.8. The van der Waals surface area contributed by atoms with Crippen LogP contribution in [0.2, 0.25) is 0 Å². The van der Waals surface area contributed by atoms with Crippen molar-refractivity contribution in [3.8, 4) is 0 Å². The number of aliphatic hydroxyl groups excluding tert-OH is 1. The molecule has 3 heterocycles. The molecule has 1 saturated heterocycles. The molecule has 0 bridgehead atoms. The van der Waals surface area contributed by atoms with E-state index >= 15 is 0 Å². The van der Waals surface area contributed by atoms with Gasteiger partial charge in [0.2, 0.25) is 5.78 Å². The predicted molar refractivity (Wildman–Crippen MR) is 114 cm³/mol. The number of halogens is 1. The normalized spacial score (nSPS) is 20.0. The lowest BCUT2D eigenvalue weighted by atomic mass is 9.94. The second kappa shape index (κ2) is 8.86. The van der Waals surface area contributed by atoms with Crippen LogP contribution in [-0.4, -0.2) is 71.0 Å². The van der Waals surface area contributed by atoms with Crippen LogP contribution in [0.1, 0.15) is 32.0 Å². The number of thiazole rings is 1. The first-order valence-corrected chi connectivity index (χ1v) is 11.0. The van der Waals surface area contributed by atoms with Crippen LogP contribution in [0, 0.1) is 19.7 Å². The minimum absolute atomic E-state index is 0.0937. The van der Waals surface area contributed by atoms with Crippen molar-refractivity contribution in [3.63, 3.8) is 0 Å². The van der Waals surface area contributed by atoms with Gasteiger partial charge < -0.3 is 14.7 Å². The molecule has 31 heavy (non-hydrogen) atoms. The van der Waals surface area contributed by atoms with Gasteiger partial charge in [0.25, 0.3) is 5.91 Å². The quantitative estimate of drug-likeness (QED) is 0.689. The van der Waals surface area contributed by atoms with Crippen LogP contribution in [0.15, 0.2) is 35.6 Å². The number of rotatable bonds is 6. The van der Waals surface area contributed by atoms with E-state index in [1.54, 1.807) is 32.0 Å². The molecule has 164 valence electrons. The molecule has 1 N–H and O–H groups in total. The van der Waals surface area contributed by atoms with Gasteiger partial charge in [-0.25, -0.2) is 9.37 Å². The number of hydrogen-bond acceptors (Lipinski definition) is 7. The fourth-order valence-corrected chi connectivity index (χ4v) is 4.95. The highest BCUT2D eigenvalue weighted by Gasteiger charge is 2.45. The molecule has 9 heteroatoms. The Morgan fingerprint density at radius 1 is 1.26 bits per heavy atom. The van der Waals surface area contributed by atoms with E-state index in [1.807, 2.05) is 0 Å². The second-order valence-electron chi connectivity index (χ2n) is 7.62. The van der Waals surface area contributed by atoms with Crippen LogP contribution >= 0.6 is 11.3 Å². The third-order valence-electron chi connectivity index (χ3n) is 5.62. The number of carbonyl (C=O) groups is 2. The van der Waals surface area contributed by atoms with E-state index in [9.17, 15) is 19.1 Å². The molecule has 7 nitrogen and oxygen atoms in total. The number of nitrogens with zero attached hydrogens (tertiary/aromatic N) is 3. The summed E-state index contributed by atoms with van der Waals surface area (Å²) in [7, 11) is 0. The summed E-state index contributed by atoms with van der Waals surface area (Å²) in [6.45, 7) is 6.97. The number of amides is 1. The van der Waals surface area contributed by atoms with Crippen LogP contribution in [0.3, 0.4) is 0 Å². The highest BCUT2D eigenvalue weighted by atomic mass is 32.1. The molecule has 2 aromatic rings. The minimum Gasteiger partial charge on any atom is -0.503 e. The van der Waals surface area contributed by atoms with Crippen molar-refractivity contribution in [1.82, 2.24) is 14.8 Å². The number of morpholine rings is 1. The predicted octanol–water partition coefficient (Wildman–Crippen LogP) is 2.81. The highest BCUT2D eigenvalue weighted by Crippen LogP contribution is 2.40. The van der Waals surface area contributed by atoms with Crippen molar-refractivity contribution in [1.29, 1.82) is 0 Å². The molecule has 0 unspecified atom stereocenters. The van der Waals surface area contributed by atoms with E-state index in [1.165, 1.54) is 22.3 Å². The summed E-state index contributed by atoms with van der Waals surface area (Å²) < 4.78 is 20.2. The Balaban J connectivity index is 1.71. The zero-order valence-electron chi connectivity index (χ0n) is 17.4. The van der Waals surface area contributed by atoms with Gasteiger partial charge >= 0.3 is 0 Å². The van der Waals surface area contributed by atoms with Crippen LogP contribution in [0.25, 0.3) is 0 Å². The second-order valence-corrected chi connectivity index (χ2v) is 8.82. The van der Waals surface area contributed by atoms with Gasteiger partial charge in [0.15, 0.2) is 5.76 Å². The molecular formula is C22H24FN3O4S. The Morgan fingerprint density at radius 2 is 1.97 bits per heavy atom. The lowest BCUT2D eigenvalue weighted by molar-refractivity contribution is -0.129. The van der Waals surface area contributed by atoms with Crippen molar-refractivity contribution in [2.24, 2.45) is 0 Å². The zero-order valence-corrected chi connectivity index (χ0v) is 18.2. The molecule has 1 amide bonds. The topological polar surface area (TPSA) is 83.0 Å². The summed E-state index contributed by atoms with van der Waals surface area (Å²) in [5.74, 6) is -2.31. The molecule has 1 atom stereocenters. The summed E-state index contributed by atoms with van der Waals surface area (Å²) in [6.07, 6.45) is 0. The summed E-state index contributed by atoms with van der Waals surface area (Å²) in [5, 5.41) is 11.4. The van der Waals surface area contributed by atoms with Gasteiger partial charge in [-0.05, 0) is 19.9 Å². The van der Waals surface area contributed by atoms with E-state index in [-0.39, 0.29) is 17.7 Å². The van der Waals surface area contributed by atoms with Gasteiger partial charge in [0.05, 0.1) is 40.4 Å². The average molecular weight is 446 g/mol. The van der Waals surface area contributed by atoms with E-state index in [2.05, 4.69) is 9.88 Å². The van der Waals surface area contributed by atoms with Gasteiger partial charge in [-0.15, -0.1) is 11.3 Å². The van der Waals surface area contributed by atoms with Gasteiger partial charge in [0, 0.05) is 31.7 Å². The molecule has 0 aliphatic carbocycles.